The lowest BCUT2D eigenvalue weighted by molar-refractivity contribution is -0.171. The van der Waals surface area contributed by atoms with Crippen molar-refractivity contribution in [3.8, 4) is 5.75 Å². The van der Waals surface area contributed by atoms with Crippen molar-refractivity contribution >= 4 is 5.97 Å². The summed E-state index contributed by atoms with van der Waals surface area (Å²) in [6.07, 6.45) is -4.65. The molecule has 0 heterocycles. The quantitative estimate of drug-likeness (QED) is 0.317. The van der Waals surface area contributed by atoms with Gasteiger partial charge in [0.1, 0.15) is 34.9 Å². The van der Waals surface area contributed by atoms with Crippen LogP contribution in [0.3, 0.4) is 0 Å². The number of alkyl halides is 3. The van der Waals surface area contributed by atoms with Crippen molar-refractivity contribution in [1.82, 2.24) is 4.90 Å². The summed E-state index contributed by atoms with van der Waals surface area (Å²) in [5, 5.41) is 9.63. The third-order valence-corrected chi connectivity index (χ3v) is 5.93. The van der Waals surface area contributed by atoms with Gasteiger partial charge in [0.2, 0.25) is 0 Å². The zero-order chi connectivity index (χ0) is 27.4. The van der Waals surface area contributed by atoms with Crippen LogP contribution >= 0.6 is 0 Å². The average Bonchev–Trinajstić information content (AvgIpc) is 2.87. The van der Waals surface area contributed by atoms with E-state index in [2.05, 4.69) is 0 Å². The van der Waals surface area contributed by atoms with Crippen LogP contribution in [0.1, 0.15) is 17.5 Å². The number of halogens is 6. The minimum absolute atomic E-state index is 0.0583. The second-order valence-corrected chi connectivity index (χ2v) is 8.69. The van der Waals surface area contributed by atoms with Crippen molar-refractivity contribution in [1.29, 1.82) is 0 Å². The number of aliphatic carboxylic acids is 1. The molecule has 1 N–H and O–H groups in total. The Morgan fingerprint density at radius 3 is 1.68 bits per heavy atom. The molecule has 0 bridgehead atoms. The first kappa shape index (κ1) is 26.8. The number of hydrogen-bond acceptors (Lipinski definition) is 3. The van der Waals surface area contributed by atoms with Crippen molar-refractivity contribution in [2.24, 2.45) is 5.92 Å². The van der Waals surface area contributed by atoms with Crippen molar-refractivity contribution in [3.63, 3.8) is 0 Å². The summed E-state index contributed by atoms with van der Waals surface area (Å²) < 4.78 is 89.0. The second-order valence-electron chi connectivity index (χ2n) is 8.69. The van der Waals surface area contributed by atoms with Gasteiger partial charge < -0.3 is 14.7 Å². The van der Waals surface area contributed by atoms with Gasteiger partial charge in [-0.15, -0.1) is 0 Å². The molecule has 3 aromatic rings. The molecule has 0 saturated carbocycles. The lowest BCUT2D eigenvalue weighted by Crippen LogP contribution is -2.35. The number of allylic oxidation sites excluding steroid dienone is 2. The summed E-state index contributed by atoms with van der Waals surface area (Å²) >= 11 is 0. The summed E-state index contributed by atoms with van der Waals surface area (Å²) in [4.78, 5) is 13.3. The first-order valence-electron chi connectivity index (χ1n) is 11.4. The van der Waals surface area contributed by atoms with E-state index in [1.54, 1.807) is 0 Å². The van der Waals surface area contributed by atoms with Gasteiger partial charge in [-0.05, 0) is 72.2 Å². The Balaban J connectivity index is 1.88. The molecule has 0 fully saturated rings. The molecule has 4 nitrogen and oxygen atoms in total. The smallest absolute Gasteiger partial charge is 0.399 e. The number of rotatable bonds is 8. The molecule has 38 heavy (non-hydrogen) atoms. The van der Waals surface area contributed by atoms with Crippen molar-refractivity contribution < 1.29 is 41.0 Å². The molecule has 1 aliphatic rings. The van der Waals surface area contributed by atoms with Crippen LogP contribution in [0.2, 0.25) is 0 Å². The van der Waals surface area contributed by atoms with Crippen LogP contribution in [-0.2, 0) is 17.9 Å². The summed E-state index contributed by atoms with van der Waals surface area (Å²) in [5.41, 5.74) is 0.369. The second kappa shape index (κ2) is 11.0. The van der Waals surface area contributed by atoms with Crippen molar-refractivity contribution in [3.05, 3.63) is 124 Å². The molecule has 0 saturated heterocycles. The van der Waals surface area contributed by atoms with Crippen LogP contribution in [0.25, 0.3) is 0 Å². The first-order chi connectivity index (χ1) is 18.0. The predicted molar refractivity (Wildman–Crippen MR) is 126 cm³/mol. The fourth-order valence-corrected chi connectivity index (χ4v) is 4.05. The molecule has 1 atom stereocenters. The Bertz CT molecular complexity index is 1300. The Labute approximate surface area is 214 Å². The molecule has 0 radical (unpaired) electrons. The number of carbonyl (C=O) groups is 1. The lowest BCUT2D eigenvalue weighted by Gasteiger charge is -2.34. The van der Waals surface area contributed by atoms with E-state index in [1.807, 2.05) is 0 Å². The molecular formula is C28H21F6NO3. The molecular weight excluding hydrogens is 512 g/mol. The third-order valence-electron chi connectivity index (χ3n) is 5.93. The molecule has 198 valence electrons. The van der Waals surface area contributed by atoms with Crippen molar-refractivity contribution in [2.75, 3.05) is 0 Å². The third kappa shape index (κ3) is 6.56. The summed E-state index contributed by atoms with van der Waals surface area (Å²) in [7, 11) is 0. The van der Waals surface area contributed by atoms with E-state index < -0.39 is 53.3 Å². The first-order valence-corrected chi connectivity index (χ1v) is 11.4. The SMILES string of the molecule is O=C(O)C1=CC(N(Cc2ccc(F)cc2)Cc2ccc(F)cc2)=C(Oc2ccc(F)cc2)C(C(F)(F)F)C1. The topological polar surface area (TPSA) is 49.8 Å². The van der Waals surface area contributed by atoms with Crippen LogP contribution in [-0.4, -0.2) is 22.2 Å². The number of carboxylic acids is 1. The molecule has 0 aromatic heterocycles. The minimum atomic E-state index is -4.88. The van der Waals surface area contributed by atoms with E-state index in [4.69, 9.17) is 4.74 Å². The maximum Gasteiger partial charge on any atom is 0.399 e. The zero-order valence-corrected chi connectivity index (χ0v) is 19.7. The largest absolute Gasteiger partial charge is 0.478 e. The highest BCUT2D eigenvalue weighted by molar-refractivity contribution is 5.87. The van der Waals surface area contributed by atoms with Crippen LogP contribution in [0.5, 0.6) is 5.75 Å². The zero-order valence-electron chi connectivity index (χ0n) is 19.7. The van der Waals surface area contributed by atoms with Gasteiger partial charge in [-0.1, -0.05) is 24.3 Å². The maximum atomic E-state index is 14.3. The Hall–Kier alpha value is -4.21. The van der Waals surface area contributed by atoms with Gasteiger partial charge in [0.25, 0.3) is 0 Å². The normalized spacial score (nSPS) is 15.7. The number of ether oxygens (including phenoxy) is 1. The molecule has 4 rings (SSSR count). The fourth-order valence-electron chi connectivity index (χ4n) is 4.05. The molecule has 0 aliphatic heterocycles. The van der Waals surface area contributed by atoms with Crippen LogP contribution in [0, 0.1) is 23.4 Å². The van der Waals surface area contributed by atoms with E-state index in [-0.39, 0.29) is 24.5 Å². The highest BCUT2D eigenvalue weighted by Gasteiger charge is 2.48. The monoisotopic (exact) mass is 533 g/mol. The Morgan fingerprint density at radius 1 is 0.816 bits per heavy atom. The molecule has 3 aromatic carbocycles. The standard InChI is InChI=1S/C28H21F6NO3/c29-20-5-1-17(2-6-20)15-35(16-18-3-7-21(30)8-4-18)25-14-19(27(36)37)13-24(28(32,33)34)26(25)38-23-11-9-22(31)10-12-23/h1-12,14,24H,13,15-16H2,(H,36,37). The minimum Gasteiger partial charge on any atom is -0.478 e. The van der Waals surface area contributed by atoms with Crippen LogP contribution < -0.4 is 4.74 Å². The number of benzene rings is 3. The maximum absolute atomic E-state index is 14.3. The fraction of sp³-hybridized carbons (Fsp3) is 0.179. The number of hydrogen-bond donors (Lipinski definition) is 1. The van der Waals surface area contributed by atoms with E-state index >= 15 is 0 Å². The average molecular weight is 533 g/mol. The lowest BCUT2D eigenvalue weighted by atomic mass is 9.89. The van der Waals surface area contributed by atoms with E-state index in [1.165, 1.54) is 53.4 Å². The van der Waals surface area contributed by atoms with Crippen molar-refractivity contribution in [2.45, 2.75) is 25.7 Å². The Morgan fingerprint density at radius 2 is 1.26 bits per heavy atom. The van der Waals surface area contributed by atoms with Crippen LogP contribution in [0.4, 0.5) is 26.3 Å². The number of carboxylic acid groups (broad SMARTS) is 1. The molecule has 0 spiro atoms. The van der Waals surface area contributed by atoms with Gasteiger partial charge in [-0.3, -0.25) is 0 Å². The molecule has 1 unspecified atom stereocenters. The molecule has 1 aliphatic carbocycles. The van der Waals surface area contributed by atoms with Gasteiger partial charge in [-0.2, -0.15) is 13.2 Å². The van der Waals surface area contributed by atoms with Gasteiger partial charge in [0, 0.05) is 18.7 Å². The summed E-state index contributed by atoms with van der Waals surface area (Å²) in [5.74, 6) is -6.14. The summed E-state index contributed by atoms with van der Waals surface area (Å²) in [6.45, 7) is -0.117. The molecule has 10 heteroatoms. The number of nitrogens with zero attached hydrogens (tertiary/aromatic N) is 1. The van der Waals surface area contributed by atoms with Crippen LogP contribution in [0.15, 0.2) is 95.9 Å². The van der Waals surface area contributed by atoms with Gasteiger partial charge in [0.15, 0.2) is 0 Å². The highest BCUT2D eigenvalue weighted by atomic mass is 19.4. The predicted octanol–water partition coefficient (Wildman–Crippen LogP) is 6.99. The summed E-state index contributed by atoms with van der Waals surface area (Å²) in [6, 6.07) is 14.9. The van der Waals surface area contributed by atoms with E-state index in [9.17, 15) is 36.2 Å². The Kier molecular flexibility index (Phi) is 7.80. The van der Waals surface area contributed by atoms with E-state index in [0.717, 1.165) is 30.3 Å². The van der Waals surface area contributed by atoms with Gasteiger partial charge >= 0.3 is 12.1 Å². The van der Waals surface area contributed by atoms with Gasteiger partial charge in [0.05, 0.1) is 5.70 Å². The highest BCUT2D eigenvalue weighted by Crippen LogP contribution is 2.43. The van der Waals surface area contributed by atoms with E-state index in [0.29, 0.717) is 11.1 Å². The molecule has 0 amide bonds. The van der Waals surface area contributed by atoms with Gasteiger partial charge in [-0.25, -0.2) is 18.0 Å².